The maximum atomic E-state index is 12.6. The summed E-state index contributed by atoms with van der Waals surface area (Å²) in [7, 11) is -3.56. The Labute approximate surface area is 131 Å². The van der Waals surface area contributed by atoms with Crippen molar-refractivity contribution in [2.75, 3.05) is 36.9 Å². The Kier molecular flexibility index (Phi) is 5.08. The van der Waals surface area contributed by atoms with Gasteiger partial charge < -0.3 is 9.64 Å². The molecule has 1 aliphatic rings. The fraction of sp³-hybridized carbons (Fsp3) is 0.533. The second-order valence-corrected chi connectivity index (χ2v) is 7.37. The highest BCUT2D eigenvalue weighted by molar-refractivity contribution is 7.92. The average Bonchev–Trinajstić information content (AvgIpc) is 2.46. The number of hydrogen-bond acceptors (Lipinski definition) is 4. The lowest BCUT2D eigenvalue weighted by Crippen LogP contribution is -2.52. The number of morpholine rings is 1. The fourth-order valence-electron chi connectivity index (χ4n) is 2.62. The van der Waals surface area contributed by atoms with Gasteiger partial charge >= 0.3 is 0 Å². The van der Waals surface area contributed by atoms with E-state index in [-0.39, 0.29) is 5.91 Å². The van der Waals surface area contributed by atoms with Crippen LogP contribution in [-0.4, -0.2) is 57.8 Å². The lowest BCUT2D eigenvalue weighted by atomic mass is 10.2. The molecular formula is C15H22N2O4S. The molecule has 0 aromatic heterocycles. The van der Waals surface area contributed by atoms with Gasteiger partial charge in [0.05, 0.1) is 25.2 Å². The van der Waals surface area contributed by atoms with Crippen LogP contribution in [0.4, 0.5) is 5.69 Å². The van der Waals surface area contributed by atoms with Crippen LogP contribution in [0, 0.1) is 6.92 Å². The monoisotopic (exact) mass is 326 g/mol. The van der Waals surface area contributed by atoms with Gasteiger partial charge in [-0.3, -0.25) is 9.10 Å². The van der Waals surface area contributed by atoms with E-state index in [1.54, 1.807) is 30.0 Å². The quantitative estimate of drug-likeness (QED) is 0.828. The van der Waals surface area contributed by atoms with Gasteiger partial charge in [-0.05, 0) is 31.5 Å². The van der Waals surface area contributed by atoms with E-state index < -0.39 is 16.1 Å². The number of amides is 1. The summed E-state index contributed by atoms with van der Waals surface area (Å²) in [6, 6.07) is 6.36. The largest absolute Gasteiger partial charge is 0.378 e. The zero-order valence-electron chi connectivity index (χ0n) is 13.2. The Morgan fingerprint density at radius 3 is 2.50 bits per heavy atom. The third-order valence-corrected chi connectivity index (χ3v) is 4.89. The van der Waals surface area contributed by atoms with E-state index in [0.717, 1.165) is 11.8 Å². The topological polar surface area (TPSA) is 66.9 Å². The van der Waals surface area contributed by atoms with Gasteiger partial charge in [-0.25, -0.2) is 8.42 Å². The molecule has 1 saturated heterocycles. The molecule has 1 fully saturated rings. The Balaban J connectivity index is 2.31. The SMILES string of the molecule is Cc1cccc(N([C@@H](C)C(=O)N2CCOCC2)S(C)(=O)=O)c1. The molecule has 0 N–H and O–H groups in total. The molecule has 1 heterocycles. The van der Waals surface area contributed by atoms with E-state index in [4.69, 9.17) is 4.74 Å². The molecule has 1 atom stereocenters. The molecule has 1 aromatic carbocycles. The van der Waals surface area contributed by atoms with Gasteiger partial charge in [0.2, 0.25) is 15.9 Å². The molecular weight excluding hydrogens is 304 g/mol. The van der Waals surface area contributed by atoms with Crippen molar-refractivity contribution in [2.24, 2.45) is 0 Å². The van der Waals surface area contributed by atoms with E-state index in [1.807, 2.05) is 13.0 Å². The summed E-state index contributed by atoms with van der Waals surface area (Å²) in [4.78, 5) is 14.3. The third kappa shape index (κ3) is 3.78. The van der Waals surface area contributed by atoms with Crippen molar-refractivity contribution in [3.05, 3.63) is 29.8 Å². The summed E-state index contributed by atoms with van der Waals surface area (Å²) in [6.07, 6.45) is 1.12. The number of rotatable bonds is 4. The molecule has 122 valence electrons. The van der Waals surface area contributed by atoms with Crippen LogP contribution in [-0.2, 0) is 19.6 Å². The molecule has 0 saturated carbocycles. The fourth-order valence-corrected chi connectivity index (χ4v) is 3.78. The van der Waals surface area contributed by atoms with Crippen LogP contribution < -0.4 is 4.31 Å². The molecule has 1 aromatic rings. The van der Waals surface area contributed by atoms with Gasteiger partial charge in [-0.1, -0.05) is 12.1 Å². The molecule has 1 aliphatic heterocycles. The summed E-state index contributed by atoms with van der Waals surface area (Å²) in [5.74, 6) is -0.199. The summed E-state index contributed by atoms with van der Waals surface area (Å²) in [5.41, 5.74) is 1.45. The van der Waals surface area contributed by atoms with Gasteiger partial charge in [0, 0.05) is 13.1 Å². The first-order valence-electron chi connectivity index (χ1n) is 7.23. The summed E-state index contributed by atoms with van der Waals surface area (Å²) < 4.78 is 30.8. The average molecular weight is 326 g/mol. The summed E-state index contributed by atoms with van der Waals surface area (Å²) in [6.45, 7) is 5.48. The number of nitrogens with zero attached hydrogens (tertiary/aromatic N) is 2. The third-order valence-electron chi connectivity index (χ3n) is 3.65. The number of aryl methyl sites for hydroxylation is 1. The van der Waals surface area contributed by atoms with Gasteiger partial charge in [0.25, 0.3) is 0 Å². The van der Waals surface area contributed by atoms with Gasteiger partial charge in [0.1, 0.15) is 6.04 Å². The van der Waals surface area contributed by atoms with E-state index in [2.05, 4.69) is 0 Å². The highest BCUT2D eigenvalue weighted by Gasteiger charge is 2.32. The van der Waals surface area contributed by atoms with Crippen LogP contribution in [0.2, 0.25) is 0 Å². The Hall–Kier alpha value is -1.60. The van der Waals surface area contributed by atoms with E-state index in [9.17, 15) is 13.2 Å². The Morgan fingerprint density at radius 1 is 1.32 bits per heavy atom. The molecule has 0 aliphatic carbocycles. The number of sulfonamides is 1. The van der Waals surface area contributed by atoms with Crippen LogP contribution in [0.15, 0.2) is 24.3 Å². The predicted molar refractivity (Wildman–Crippen MR) is 85.4 cm³/mol. The lowest BCUT2D eigenvalue weighted by Gasteiger charge is -2.34. The standard InChI is InChI=1S/C15H22N2O4S/c1-12-5-4-6-14(11-12)17(22(3,19)20)13(2)15(18)16-7-9-21-10-8-16/h4-6,11,13H,7-10H2,1-3H3/t13-/m0/s1. The van der Waals surface area contributed by atoms with Gasteiger partial charge in [0.15, 0.2) is 0 Å². The molecule has 0 unspecified atom stereocenters. The van der Waals surface area contributed by atoms with Gasteiger partial charge in [-0.15, -0.1) is 0 Å². The van der Waals surface area contributed by atoms with Crippen LogP contribution in [0.3, 0.4) is 0 Å². The van der Waals surface area contributed by atoms with Crippen LogP contribution >= 0.6 is 0 Å². The van der Waals surface area contributed by atoms with Crippen LogP contribution in [0.25, 0.3) is 0 Å². The zero-order valence-corrected chi connectivity index (χ0v) is 14.0. The zero-order chi connectivity index (χ0) is 16.3. The predicted octanol–water partition coefficient (Wildman–Crippen LogP) is 1.01. The summed E-state index contributed by atoms with van der Waals surface area (Å²) in [5, 5.41) is 0. The van der Waals surface area contributed by atoms with Crippen LogP contribution in [0.5, 0.6) is 0 Å². The van der Waals surface area contributed by atoms with Crippen molar-refractivity contribution in [3.63, 3.8) is 0 Å². The van der Waals surface area contributed by atoms with Crippen molar-refractivity contribution in [3.8, 4) is 0 Å². The maximum absolute atomic E-state index is 12.6. The van der Waals surface area contributed by atoms with Gasteiger partial charge in [-0.2, -0.15) is 0 Å². The molecule has 0 spiro atoms. The molecule has 1 amide bonds. The minimum atomic E-state index is -3.56. The normalized spacial score (nSPS) is 17.1. The lowest BCUT2D eigenvalue weighted by molar-refractivity contribution is -0.136. The molecule has 2 rings (SSSR count). The van der Waals surface area contributed by atoms with E-state index in [0.29, 0.717) is 32.0 Å². The van der Waals surface area contributed by atoms with Crippen molar-refractivity contribution in [1.29, 1.82) is 0 Å². The number of carbonyl (C=O) groups is 1. The molecule has 7 heteroatoms. The molecule has 22 heavy (non-hydrogen) atoms. The smallest absolute Gasteiger partial charge is 0.246 e. The first kappa shape index (κ1) is 16.8. The van der Waals surface area contributed by atoms with E-state index >= 15 is 0 Å². The number of hydrogen-bond donors (Lipinski definition) is 0. The van der Waals surface area contributed by atoms with Crippen molar-refractivity contribution in [1.82, 2.24) is 4.90 Å². The van der Waals surface area contributed by atoms with Crippen LogP contribution in [0.1, 0.15) is 12.5 Å². The number of anilines is 1. The molecule has 0 bridgehead atoms. The Morgan fingerprint density at radius 2 is 1.95 bits per heavy atom. The Bertz CT molecular complexity index is 639. The molecule has 6 nitrogen and oxygen atoms in total. The summed E-state index contributed by atoms with van der Waals surface area (Å²) >= 11 is 0. The minimum Gasteiger partial charge on any atom is -0.378 e. The maximum Gasteiger partial charge on any atom is 0.246 e. The van der Waals surface area contributed by atoms with E-state index in [1.165, 1.54) is 4.31 Å². The highest BCUT2D eigenvalue weighted by Crippen LogP contribution is 2.23. The second-order valence-electron chi connectivity index (χ2n) is 5.51. The first-order valence-corrected chi connectivity index (χ1v) is 9.08. The van der Waals surface area contributed by atoms with Crippen molar-refractivity contribution < 1.29 is 17.9 Å². The first-order chi connectivity index (χ1) is 10.3. The minimum absolute atomic E-state index is 0.199. The number of benzene rings is 1. The number of ether oxygens (including phenoxy) is 1. The van der Waals surface area contributed by atoms with Crippen molar-refractivity contribution >= 4 is 21.6 Å². The van der Waals surface area contributed by atoms with Crippen molar-refractivity contribution in [2.45, 2.75) is 19.9 Å². The highest BCUT2D eigenvalue weighted by atomic mass is 32.2. The molecule has 0 radical (unpaired) electrons. The number of carbonyl (C=O) groups excluding carboxylic acids is 1. The second kappa shape index (κ2) is 6.66.